The van der Waals surface area contributed by atoms with Crippen LogP contribution >= 0.6 is 11.8 Å². The van der Waals surface area contributed by atoms with Gasteiger partial charge in [0.1, 0.15) is 6.54 Å². The minimum Gasteiger partial charge on any atom is -0.269 e. The van der Waals surface area contributed by atoms with Crippen LogP contribution in [0.2, 0.25) is 0 Å². The van der Waals surface area contributed by atoms with Gasteiger partial charge in [-0.2, -0.15) is 5.26 Å². The van der Waals surface area contributed by atoms with E-state index in [0.717, 1.165) is 26.2 Å². The minimum atomic E-state index is -0.517. The Kier molecular flexibility index (Phi) is 5.33. The van der Waals surface area contributed by atoms with Crippen molar-refractivity contribution in [3.05, 3.63) is 80.5 Å². The van der Waals surface area contributed by atoms with E-state index in [9.17, 15) is 9.59 Å². The van der Waals surface area contributed by atoms with E-state index in [1.807, 2.05) is 68.6 Å². The summed E-state index contributed by atoms with van der Waals surface area (Å²) >= 11 is 1.62. The molecule has 136 valence electrons. The van der Waals surface area contributed by atoms with E-state index < -0.39 is 11.2 Å². The molecule has 0 aliphatic rings. The van der Waals surface area contributed by atoms with Crippen molar-refractivity contribution >= 4 is 11.8 Å². The second-order valence-corrected chi connectivity index (χ2v) is 7.11. The van der Waals surface area contributed by atoms with E-state index in [1.54, 1.807) is 11.8 Å². The molecule has 5 nitrogen and oxygen atoms in total. The summed E-state index contributed by atoms with van der Waals surface area (Å²) in [5.74, 6) is 0. The van der Waals surface area contributed by atoms with Gasteiger partial charge in [-0.3, -0.25) is 9.36 Å². The van der Waals surface area contributed by atoms with Crippen molar-refractivity contribution in [2.24, 2.45) is 0 Å². The van der Waals surface area contributed by atoms with Crippen molar-refractivity contribution in [2.75, 3.05) is 6.26 Å². The molecule has 3 rings (SSSR count). The van der Waals surface area contributed by atoms with Gasteiger partial charge in [0, 0.05) is 11.0 Å². The highest BCUT2D eigenvalue weighted by atomic mass is 32.2. The SMILES string of the molecule is CSc1ccc(-c2cc(=O)n(CC#N)c(=O)n2-c2ccc(C)c(C)c2)cc1. The Bertz CT molecular complexity index is 1150. The predicted octanol–water partition coefficient (Wildman–Crippen LogP) is 3.53. The molecule has 1 heterocycles. The highest BCUT2D eigenvalue weighted by Gasteiger charge is 2.15. The van der Waals surface area contributed by atoms with Crippen LogP contribution in [0.4, 0.5) is 0 Å². The summed E-state index contributed by atoms with van der Waals surface area (Å²) in [6.07, 6.45) is 1.99. The third kappa shape index (κ3) is 3.60. The van der Waals surface area contributed by atoms with E-state index in [0.29, 0.717) is 11.4 Å². The first-order valence-electron chi connectivity index (χ1n) is 8.42. The number of thioether (sulfide) groups is 1. The van der Waals surface area contributed by atoms with Crippen molar-refractivity contribution in [1.29, 1.82) is 5.26 Å². The summed E-state index contributed by atoms with van der Waals surface area (Å²) in [6.45, 7) is 3.69. The van der Waals surface area contributed by atoms with Gasteiger partial charge >= 0.3 is 5.69 Å². The summed E-state index contributed by atoms with van der Waals surface area (Å²) in [5, 5.41) is 8.99. The van der Waals surface area contributed by atoms with Crippen molar-refractivity contribution < 1.29 is 0 Å². The fourth-order valence-corrected chi connectivity index (χ4v) is 3.29. The summed E-state index contributed by atoms with van der Waals surface area (Å²) in [5.41, 5.74) is 3.10. The molecule has 0 unspecified atom stereocenters. The first-order valence-corrected chi connectivity index (χ1v) is 9.64. The lowest BCUT2D eigenvalue weighted by molar-refractivity contribution is 0.689. The van der Waals surface area contributed by atoms with Crippen molar-refractivity contribution in [3.63, 3.8) is 0 Å². The van der Waals surface area contributed by atoms with E-state index in [1.165, 1.54) is 10.6 Å². The van der Waals surface area contributed by atoms with E-state index in [2.05, 4.69) is 0 Å². The smallest absolute Gasteiger partial charge is 0.269 e. The molecule has 6 heteroatoms. The molecule has 0 bridgehead atoms. The minimum absolute atomic E-state index is 0.284. The largest absolute Gasteiger partial charge is 0.337 e. The third-order valence-electron chi connectivity index (χ3n) is 4.55. The van der Waals surface area contributed by atoms with Gasteiger partial charge in [0.15, 0.2) is 0 Å². The van der Waals surface area contributed by atoms with Gasteiger partial charge in [-0.1, -0.05) is 18.2 Å². The fourth-order valence-electron chi connectivity index (χ4n) is 2.88. The number of aryl methyl sites for hydroxylation is 2. The zero-order valence-electron chi connectivity index (χ0n) is 15.4. The molecule has 0 N–H and O–H groups in total. The van der Waals surface area contributed by atoms with Crippen LogP contribution in [0.15, 0.2) is 63.0 Å². The monoisotopic (exact) mass is 377 g/mol. The number of benzene rings is 2. The van der Waals surface area contributed by atoms with Crippen molar-refractivity contribution in [2.45, 2.75) is 25.3 Å². The molecule has 0 fully saturated rings. The summed E-state index contributed by atoms with van der Waals surface area (Å²) < 4.78 is 2.45. The molecule has 0 saturated carbocycles. The number of hydrogen-bond acceptors (Lipinski definition) is 4. The molecule has 0 amide bonds. The topological polar surface area (TPSA) is 67.8 Å². The van der Waals surface area contributed by atoms with Gasteiger partial charge in [-0.05, 0) is 61.1 Å². The van der Waals surface area contributed by atoms with Gasteiger partial charge in [0.05, 0.1) is 17.5 Å². The first-order chi connectivity index (χ1) is 13.0. The van der Waals surface area contributed by atoms with Crippen LogP contribution in [0, 0.1) is 25.2 Å². The van der Waals surface area contributed by atoms with Crippen molar-refractivity contribution in [1.82, 2.24) is 9.13 Å². The lowest BCUT2D eigenvalue weighted by Gasteiger charge is -2.16. The summed E-state index contributed by atoms with van der Waals surface area (Å²) in [6, 6.07) is 16.7. The zero-order valence-corrected chi connectivity index (χ0v) is 16.2. The lowest BCUT2D eigenvalue weighted by Crippen LogP contribution is -2.39. The quantitative estimate of drug-likeness (QED) is 0.652. The molecule has 0 radical (unpaired) electrons. The summed E-state index contributed by atoms with van der Waals surface area (Å²) in [4.78, 5) is 26.6. The third-order valence-corrected chi connectivity index (χ3v) is 5.30. The van der Waals surface area contributed by atoms with Crippen LogP contribution in [0.5, 0.6) is 0 Å². The molecular weight excluding hydrogens is 358 g/mol. The van der Waals surface area contributed by atoms with E-state index in [4.69, 9.17) is 5.26 Å². The Hall–Kier alpha value is -3.04. The lowest BCUT2D eigenvalue weighted by atomic mass is 10.1. The van der Waals surface area contributed by atoms with Crippen molar-refractivity contribution in [3.8, 4) is 23.0 Å². The maximum Gasteiger partial charge on any atom is 0.337 e. The normalized spacial score (nSPS) is 10.6. The van der Waals surface area contributed by atoms with Gasteiger partial charge < -0.3 is 0 Å². The number of hydrogen-bond donors (Lipinski definition) is 0. The second-order valence-electron chi connectivity index (χ2n) is 6.23. The Morgan fingerprint density at radius 1 is 1.00 bits per heavy atom. The average molecular weight is 377 g/mol. The molecule has 0 aliphatic carbocycles. The molecule has 27 heavy (non-hydrogen) atoms. The Labute approximate surface area is 161 Å². The molecular formula is C21H19N3O2S. The van der Waals surface area contributed by atoms with Crippen LogP contribution in [-0.2, 0) is 6.54 Å². The summed E-state index contributed by atoms with van der Waals surface area (Å²) in [7, 11) is 0. The van der Waals surface area contributed by atoms with Gasteiger partial charge in [0.2, 0.25) is 0 Å². The van der Waals surface area contributed by atoms with Crippen LogP contribution in [0.3, 0.4) is 0 Å². The van der Waals surface area contributed by atoms with E-state index >= 15 is 0 Å². The van der Waals surface area contributed by atoms with Crippen LogP contribution in [0.1, 0.15) is 11.1 Å². The van der Waals surface area contributed by atoms with Crippen LogP contribution in [0.25, 0.3) is 16.9 Å². The predicted molar refractivity (Wildman–Crippen MR) is 109 cm³/mol. The number of rotatable bonds is 4. The first kappa shape index (κ1) is 18.7. The Morgan fingerprint density at radius 3 is 2.30 bits per heavy atom. The molecule has 0 spiro atoms. The number of nitriles is 1. The molecule has 0 atom stereocenters. The molecule has 1 aromatic heterocycles. The maximum absolute atomic E-state index is 13.1. The highest BCUT2D eigenvalue weighted by molar-refractivity contribution is 7.98. The average Bonchev–Trinajstić information content (AvgIpc) is 2.67. The number of aromatic nitrogens is 2. The molecule has 3 aromatic rings. The zero-order chi connectivity index (χ0) is 19.6. The standard InChI is InChI=1S/C21H19N3O2S/c1-14-4-7-17(12-15(14)2)24-19(16-5-8-18(27-3)9-6-16)13-20(25)23(11-10-22)21(24)26/h4-9,12-13H,11H2,1-3H3. The van der Waals surface area contributed by atoms with Gasteiger partial charge in [-0.25, -0.2) is 9.36 Å². The van der Waals surface area contributed by atoms with Crippen LogP contribution < -0.4 is 11.2 Å². The van der Waals surface area contributed by atoms with Crippen LogP contribution in [-0.4, -0.2) is 15.4 Å². The molecule has 2 aromatic carbocycles. The second kappa shape index (κ2) is 7.68. The Morgan fingerprint density at radius 2 is 1.70 bits per heavy atom. The number of nitrogens with zero attached hydrogens (tertiary/aromatic N) is 3. The van der Waals surface area contributed by atoms with Gasteiger partial charge in [0.25, 0.3) is 5.56 Å². The maximum atomic E-state index is 13.1. The van der Waals surface area contributed by atoms with Gasteiger partial charge in [-0.15, -0.1) is 11.8 Å². The fraction of sp³-hybridized carbons (Fsp3) is 0.190. The van der Waals surface area contributed by atoms with E-state index in [-0.39, 0.29) is 6.54 Å². The highest BCUT2D eigenvalue weighted by Crippen LogP contribution is 2.24. The molecule has 0 saturated heterocycles. The Balaban J connectivity index is 2.34. The molecule has 0 aliphatic heterocycles.